The van der Waals surface area contributed by atoms with Crippen LogP contribution in [-0.2, 0) is 5.60 Å². The molecule has 0 aliphatic rings. The summed E-state index contributed by atoms with van der Waals surface area (Å²) in [6.45, 7) is 1.79. The molecule has 0 spiro atoms. The summed E-state index contributed by atoms with van der Waals surface area (Å²) in [5, 5.41) is 11.8. The van der Waals surface area contributed by atoms with Crippen LogP contribution in [-0.4, -0.2) is 15.1 Å². The Hall–Kier alpha value is -1.60. The standard InChI is InChI=1S/C15H12Cl2N2O/c1-3-15(20,11-7-18-9-19-8-11)10(2)13-5-4-12(16)6-14(13)17/h1,4-10,20H,2H3. The molecular weight excluding hydrogens is 295 g/mol. The lowest BCUT2D eigenvalue weighted by molar-refractivity contribution is 0.0739. The van der Waals surface area contributed by atoms with E-state index in [1.54, 1.807) is 25.1 Å². The van der Waals surface area contributed by atoms with Crippen molar-refractivity contribution in [1.29, 1.82) is 0 Å². The second-order valence-corrected chi connectivity index (χ2v) is 5.27. The zero-order valence-electron chi connectivity index (χ0n) is 10.7. The van der Waals surface area contributed by atoms with Crippen LogP contribution in [0.15, 0.2) is 36.9 Å². The fourth-order valence-corrected chi connectivity index (χ4v) is 2.60. The number of hydrogen-bond donors (Lipinski definition) is 1. The van der Waals surface area contributed by atoms with Crippen molar-refractivity contribution in [3.8, 4) is 12.3 Å². The van der Waals surface area contributed by atoms with Gasteiger partial charge in [0.1, 0.15) is 6.33 Å². The highest BCUT2D eigenvalue weighted by Crippen LogP contribution is 2.39. The van der Waals surface area contributed by atoms with Gasteiger partial charge in [-0.1, -0.05) is 42.1 Å². The Balaban J connectivity index is 2.49. The van der Waals surface area contributed by atoms with Gasteiger partial charge in [-0.3, -0.25) is 0 Å². The third-order valence-electron chi connectivity index (χ3n) is 3.28. The Morgan fingerprint density at radius 2 is 1.95 bits per heavy atom. The van der Waals surface area contributed by atoms with Gasteiger partial charge in [0.2, 0.25) is 0 Å². The second kappa shape index (κ2) is 5.80. The summed E-state index contributed by atoms with van der Waals surface area (Å²) in [4.78, 5) is 7.78. The molecule has 1 N–H and O–H groups in total. The van der Waals surface area contributed by atoms with E-state index in [1.807, 2.05) is 0 Å². The van der Waals surface area contributed by atoms with Crippen molar-refractivity contribution < 1.29 is 5.11 Å². The molecule has 2 unspecified atom stereocenters. The number of aromatic nitrogens is 2. The summed E-state index contributed by atoms with van der Waals surface area (Å²) in [5.74, 6) is 1.98. The van der Waals surface area contributed by atoms with Gasteiger partial charge < -0.3 is 5.11 Å². The molecule has 2 rings (SSSR count). The van der Waals surface area contributed by atoms with Crippen LogP contribution in [0.3, 0.4) is 0 Å². The van der Waals surface area contributed by atoms with Crippen molar-refractivity contribution in [3.05, 3.63) is 58.1 Å². The number of benzene rings is 1. The maximum absolute atomic E-state index is 10.8. The van der Waals surface area contributed by atoms with E-state index in [2.05, 4.69) is 15.9 Å². The molecule has 1 aromatic carbocycles. The van der Waals surface area contributed by atoms with Gasteiger partial charge in [0, 0.05) is 33.9 Å². The summed E-state index contributed by atoms with van der Waals surface area (Å²) in [6.07, 6.45) is 9.89. The van der Waals surface area contributed by atoms with Crippen molar-refractivity contribution in [2.24, 2.45) is 0 Å². The summed E-state index contributed by atoms with van der Waals surface area (Å²) in [6, 6.07) is 5.08. The van der Waals surface area contributed by atoms with E-state index in [1.165, 1.54) is 18.7 Å². The maximum atomic E-state index is 10.8. The summed E-state index contributed by atoms with van der Waals surface area (Å²) in [5.41, 5.74) is -0.389. The topological polar surface area (TPSA) is 46.0 Å². The molecule has 0 radical (unpaired) electrons. The fourth-order valence-electron chi connectivity index (χ4n) is 2.03. The molecular formula is C15H12Cl2N2O. The van der Waals surface area contributed by atoms with Crippen LogP contribution in [0.2, 0.25) is 10.0 Å². The third-order valence-corrected chi connectivity index (χ3v) is 3.84. The molecule has 1 heterocycles. The molecule has 2 aromatic rings. The van der Waals surface area contributed by atoms with Gasteiger partial charge in [-0.15, -0.1) is 6.42 Å². The lowest BCUT2D eigenvalue weighted by Crippen LogP contribution is -2.30. The number of halogens is 2. The zero-order valence-corrected chi connectivity index (χ0v) is 12.2. The summed E-state index contributed by atoms with van der Waals surface area (Å²) in [7, 11) is 0. The molecule has 0 aliphatic carbocycles. The smallest absolute Gasteiger partial charge is 0.160 e. The highest BCUT2D eigenvalue weighted by molar-refractivity contribution is 6.35. The molecule has 0 saturated carbocycles. The van der Waals surface area contributed by atoms with E-state index in [-0.39, 0.29) is 0 Å². The first kappa shape index (κ1) is 14.8. The minimum absolute atomic E-state index is 0.441. The normalized spacial score (nSPS) is 15.2. The first-order valence-corrected chi connectivity index (χ1v) is 6.65. The van der Waals surface area contributed by atoms with E-state index in [0.29, 0.717) is 21.2 Å². The SMILES string of the molecule is C#CC(O)(c1cncnc1)C(C)c1ccc(Cl)cc1Cl. The van der Waals surface area contributed by atoms with Crippen LogP contribution in [0, 0.1) is 12.3 Å². The molecule has 102 valence electrons. The monoisotopic (exact) mass is 306 g/mol. The largest absolute Gasteiger partial charge is 0.373 e. The Morgan fingerprint density at radius 3 is 2.50 bits per heavy atom. The molecule has 0 bridgehead atoms. The number of hydrogen-bond acceptors (Lipinski definition) is 3. The first-order valence-electron chi connectivity index (χ1n) is 5.89. The molecule has 1 aromatic heterocycles. The van der Waals surface area contributed by atoms with Crippen LogP contribution >= 0.6 is 23.2 Å². The Labute approximate surface area is 127 Å². The van der Waals surface area contributed by atoms with E-state index in [9.17, 15) is 5.11 Å². The van der Waals surface area contributed by atoms with Gasteiger partial charge in [-0.2, -0.15) is 0 Å². The van der Waals surface area contributed by atoms with Crippen molar-refractivity contribution >= 4 is 23.2 Å². The average Bonchev–Trinajstić information content (AvgIpc) is 2.46. The fraction of sp³-hybridized carbons (Fsp3) is 0.200. The lowest BCUT2D eigenvalue weighted by Gasteiger charge is -2.30. The Kier molecular flexibility index (Phi) is 4.29. The molecule has 3 nitrogen and oxygen atoms in total. The molecule has 2 atom stereocenters. The first-order chi connectivity index (χ1) is 9.49. The number of aliphatic hydroxyl groups is 1. The molecule has 0 fully saturated rings. The average molecular weight is 307 g/mol. The maximum Gasteiger partial charge on any atom is 0.160 e. The van der Waals surface area contributed by atoms with Crippen LogP contribution in [0.4, 0.5) is 0 Å². The summed E-state index contributed by atoms with van der Waals surface area (Å²) < 4.78 is 0. The van der Waals surface area contributed by atoms with E-state index < -0.39 is 11.5 Å². The van der Waals surface area contributed by atoms with Crippen LogP contribution in [0.25, 0.3) is 0 Å². The zero-order chi connectivity index (χ0) is 14.8. The van der Waals surface area contributed by atoms with E-state index in [0.717, 1.165) is 0 Å². The van der Waals surface area contributed by atoms with Crippen molar-refractivity contribution in [2.45, 2.75) is 18.4 Å². The van der Waals surface area contributed by atoms with Gasteiger partial charge in [0.25, 0.3) is 0 Å². The minimum atomic E-state index is -1.54. The van der Waals surface area contributed by atoms with Gasteiger partial charge in [-0.05, 0) is 17.7 Å². The highest BCUT2D eigenvalue weighted by atomic mass is 35.5. The third kappa shape index (κ3) is 2.64. The van der Waals surface area contributed by atoms with Crippen molar-refractivity contribution in [2.75, 3.05) is 0 Å². The van der Waals surface area contributed by atoms with E-state index >= 15 is 0 Å². The van der Waals surface area contributed by atoms with Gasteiger partial charge >= 0.3 is 0 Å². The summed E-state index contributed by atoms with van der Waals surface area (Å²) >= 11 is 12.1. The number of nitrogens with zero attached hydrogens (tertiary/aromatic N) is 2. The van der Waals surface area contributed by atoms with Crippen LogP contribution in [0.1, 0.15) is 24.0 Å². The van der Waals surface area contributed by atoms with Crippen molar-refractivity contribution in [1.82, 2.24) is 9.97 Å². The molecule has 0 amide bonds. The molecule has 20 heavy (non-hydrogen) atoms. The molecule has 0 saturated heterocycles. The lowest BCUT2D eigenvalue weighted by atomic mass is 9.80. The highest BCUT2D eigenvalue weighted by Gasteiger charge is 2.36. The second-order valence-electron chi connectivity index (χ2n) is 4.43. The Bertz CT molecular complexity index is 655. The Morgan fingerprint density at radius 1 is 1.30 bits per heavy atom. The van der Waals surface area contributed by atoms with Crippen molar-refractivity contribution in [3.63, 3.8) is 0 Å². The van der Waals surface area contributed by atoms with Crippen LogP contribution in [0.5, 0.6) is 0 Å². The van der Waals surface area contributed by atoms with E-state index in [4.69, 9.17) is 29.6 Å². The quantitative estimate of drug-likeness (QED) is 0.884. The minimum Gasteiger partial charge on any atom is -0.373 e. The van der Waals surface area contributed by atoms with Gasteiger partial charge in [0.05, 0.1) is 0 Å². The van der Waals surface area contributed by atoms with Crippen LogP contribution < -0.4 is 0 Å². The van der Waals surface area contributed by atoms with Gasteiger partial charge in [0.15, 0.2) is 5.60 Å². The number of rotatable bonds is 3. The predicted octanol–water partition coefficient (Wildman–Crippen LogP) is 3.41. The predicted molar refractivity (Wildman–Crippen MR) is 79.6 cm³/mol. The molecule has 0 aliphatic heterocycles. The molecule has 5 heteroatoms. The number of terminal acetylenes is 1. The van der Waals surface area contributed by atoms with Gasteiger partial charge in [-0.25, -0.2) is 9.97 Å².